The highest BCUT2D eigenvalue weighted by molar-refractivity contribution is 5.93. The molecule has 1 aliphatic rings. The molecule has 148 valence electrons. The second-order valence-electron chi connectivity index (χ2n) is 6.63. The number of nitriles is 1. The first-order chi connectivity index (χ1) is 13.9. The molecule has 0 spiro atoms. The van der Waals surface area contributed by atoms with Gasteiger partial charge < -0.3 is 15.2 Å². The van der Waals surface area contributed by atoms with Crippen LogP contribution in [0.2, 0.25) is 0 Å². The minimum atomic E-state index is -1.89. The molecule has 0 heterocycles. The molecular formula is C21H19N3O5. The zero-order valence-corrected chi connectivity index (χ0v) is 15.9. The van der Waals surface area contributed by atoms with E-state index in [-0.39, 0.29) is 5.57 Å². The van der Waals surface area contributed by atoms with E-state index in [2.05, 4.69) is 0 Å². The van der Waals surface area contributed by atoms with Crippen LogP contribution in [0, 0.1) is 26.9 Å². The lowest BCUT2D eigenvalue weighted by molar-refractivity contribution is -0.510. The van der Waals surface area contributed by atoms with Crippen LogP contribution in [0.15, 0.2) is 54.6 Å². The highest BCUT2D eigenvalue weighted by Gasteiger charge is 2.59. The molecule has 0 saturated heterocycles. The Morgan fingerprint density at radius 3 is 2.34 bits per heavy atom. The molecule has 2 aromatic rings. The number of ether oxygens (including phenoxy) is 2. The molecule has 3 atom stereocenters. The van der Waals surface area contributed by atoms with Gasteiger partial charge in [-0.05, 0) is 29.3 Å². The fourth-order valence-corrected chi connectivity index (χ4v) is 3.84. The Balaban J connectivity index is 2.27. The normalized spacial score (nSPS) is 23.0. The minimum absolute atomic E-state index is 0.274. The molecule has 1 amide bonds. The SMILES string of the molecule is COc1ccc(C2C([N+](=O)[O-])C(c3ccccc3)=CC2(C#N)C(N)=O)cc1OC. The number of benzene rings is 2. The number of hydrogen-bond acceptors (Lipinski definition) is 6. The van der Waals surface area contributed by atoms with Crippen molar-refractivity contribution in [1.82, 2.24) is 0 Å². The number of primary amides is 1. The summed E-state index contributed by atoms with van der Waals surface area (Å²) in [6.45, 7) is 0. The van der Waals surface area contributed by atoms with Crippen molar-refractivity contribution in [2.45, 2.75) is 12.0 Å². The summed E-state index contributed by atoms with van der Waals surface area (Å²) in [5.74, 6) is -1.33. The third-order valence-electron chi connectivity index (χ3n) is 5.20. The summed E-state index contributed by atoms with van der Waals surface area (Å²) in [6.07, 6.45) is 1.33. The number of nitro groups is 1. The molecule has 0 bridgehead atoms. The van der Waals surface area contributed by atoms with Crippen molar-refractivity contribution in [3.63, 3.8) is 0 Å². The summed E-state index contributed by atoms with van der Waals surface area (Å²) >= 11 is 0. The third kappa shape index (κ3) is 3.17. The average Bonchev–Trinajstić information content (AvgIpc) is 3.11. The van der Waals surface area contributed by atoms with E-state index in [1.807, 2.05) is 6.07 Å². The van der Waals surface area contributed by atoms with Gasteiger partial charge in [-0.15, -0.1) is 0 Å². The van der Waals surface area contributed by atoms with Gasteiger partial charge in [-0.1, -0.05) is 36.4 Å². The molecule has 0 aliphatic heterocycles. The summed E-state index contributed by atoms with van der Waals surface area (Å²) in [5, 5.41) is 22.1. The Morgan fingerprint density at radius 1 is 1.17 bits per heavy atom. The zero-order valence-electron chi connectivity index (χ0n) is 15.9. The maximum Gasteiger partial charge on any atom is 0.247 e. The number of carbonyl (C=O) groups excluding carboxylic acids is 1. The molecule has 3 unspecified atom stereocenters. The summed E-state index contributed by atoms with van der Waals surface area (Å²) in [4.78, 5) is 24.1. The maximum atomic E-state index is 12.4. The quantitative estimate of drug-likeness (QED) is 0.593. The number of methoxy groups -OCH3 is 2. The van der Waals surface area contributed by atoms with Crippen molar-refractivity contribution in [3.05, 3.63) is 75.8 Å². The van der Waals surface area contributed by atoms with Crippen LogP contribution in [0.4, 0.5) is 0 Å². The molecule has 8 nitrogen and oxygen atoms in total. The maximum absolute atomic E-state index is 12.4. The fraction of sp³-hybridized carbons (Fsp3) is 0.238. The molecular weight excluding hydrogens is 374 g/mol. The number of rotatable bonds is 6. The van der Waals surface area contributed by atoms with Gasteiger partial charge in [0.05, 0.1) is 26.2 Å². The monoisotopic (exact) mass is 393 g/mol. The summed E-state index contributed by atoms with van der Waals surface area (Å²) in [6, 6.07) is 13.9. The van der Waals surface area contributed by atoms with Crippen LogP contribution in [0.3, 0.4) is 0 Å². The predicted octanol–water partition coefficient (Wildman–Crippen LogP) is 2.53. The summed E-state index contributed by atoms with van der Waals surface area (Å²) in [5.41, 5.74) is 4.94. The van der Waals surface area contributed by atoms with Crippen molar-refractivity contribution >= 4 is 11.5 Å². The molecule has 2 aromatic carbocycles. The van der Waals surface area contributed by atoms with Gasteiger partial charge in [0, 0.05) is 10.5 Å². The zero-order chi connectivity index (χ0) is 21.2. The van der Waals surface area contributed by atoms with Gasteiger partial charge in [-0.3, -0.25) is 14.9 Å². The van der Waals surface area contributed by atoms with Crippen molar-refractivity contribution in [2.24, 2.45) is 11.1 Å². The molecule has 29 heavy (non-hydrogen) atoms. The molecule has 0 fully saturated rings. The van der Waals surface area contributed by atoms with Crippen LogP contribution in [-0.2, 0) is 4.79 Å². The van der Waals surface area contributed by atoms with E-state index in [4.69, 9.17) is 15.2 Å². The van der Waals surface area contributed by atoms with Crippen molar-refractivity contribution in [3.8, 4) is 17.6 Å². The minimum Gasteiger partial charge on any atom is -0.493 e. The van der Waals surface area contributed by atoms with Gasteiger partial charge in [0.15, 0.2) is 16.9 Å². The molecule has 1 aliphatic carbocycles. The van der Waals surface area contributed by atoms with Crippen molar-refractivity contribution < 1.29 is 19.2 Å². The Labute approximate surface area is 167 Å². The molecule has 0 radical (unpaired) electrons. The van der Waals surface area contributed by atoms with Crippen LogP contribution in [0.5, 0.6) is 11.5 Å². The van der Waals surface area contributed by atoms with E-state index in [0.717, 1.165) is 0 Å². The predicted molar refractivity (Wildman–Crippen MR) is 105 cm³/mol. The first-order valence-electron chi connectivity index (χ1n) is 8.74. The fourth-order valence-electron chi connectivity index (χ4n) is 3.84. The van der Waals surface area contributed by atoms with Crippen LogP contribution in [-0.4, -0.2) is 31.1 Å². The number of carbonyl (C=O) groups is 1. The van der Waals surface area contributed by atoms with E-state index < -0.39 is 28.2 Å². The first-order valence-corrected chi connectivity index (χ1v) is 8.74. The lowest BCUT2D eigenvalue weighted by Gasteiger charge is -2.26. The van der Waals surface area contributed by atoms with Crippen LogP contribution < -0.4 is 15.2 Å². The van der Waals surface area contributed by atoms with Crippen molar-refractivity contribution in [1.29, 1.82) is 5.26 Å². The van der Waals surface area contributed by atoms with E-state index in [9.17, 15) is 20.2 Å². The second kappa shape index (κ2) is 7.64. The van der Waals surface area contributed by atoms with Gasteiger partial charge in [0.25, 0.3) is 0 Å². The van der Waals surface area contributed by atoms with Gasteiger partial charge in [-0.25, -0.2) is 0 Å². The van der Waals surface area contributed by atoms with Gasteiger partial charge in [0.2, 0.25) is 11.9 Å². The third-order valence-corrected chi connectivity index (χ3v) is 5.20. The topological polar surface area (TPSA) is 128 Å². The first kappa shape index (κ1) is 19.9. The smallest absolute Gasteiger partial charge is 0.247 e. The van der Waals surface area contributed by atoms with Crippen LogP contribution in [0.1, 0.15) is 17.0 Å². The Bertz CT molecular complexity index is 1030. The van der Waals surface area contributed by atoms with E-state index in [1.54, 1.807) is 42.5 Å². The summed E-state index contributed by atoms with van der Waals surface area (Å²) in [7, 11) is 2.89. The highest BCUT2D eigenvalue weighted by Crippen LogP contribution is 2.52. The number of nitrogens with zero attached hydrogens (tertiary/aromatic N) is 2. The Hall–Kier alpha value is -3.86. The highest BCUT2D eigenvalue weighted by atomic mass is 16.6. The van der Waals surface area contributed by atoms with E-state index in [0.29, 0.717) is 22.6 Å². The Kier molecular flexibility index (Phi) is 5.24. The standard InChI is InChI=1S/C21H19N3O5/c1-28-16-9-8-14(10-17(16)29-2)18-19(24(26)27)15(13-6-4-3-5-7-13)11-21(18,12-22)20(23)25/h3-11,18-19H,1-2H3,(H2,23,25). The van der Waals surface area contributed by atoms with Gasteiger partial charge in [-0.2, -0.15) is 5.26 Å². The summed E-state index contributed by atoms with van der Waals surface area (Å²) < 4.78 is 10.5. The average molecular weight is 393 g/mol. The van der Waals surface area contributed by atoms with Gasteiger partial charge >= 0.3 is 0 Å². The lowest BCUT2D eigenvalue weighted by Crippen LogP contribution is -2.42. The molecule has 3 rings (SSSR count). The molecule has 0 aromatic heterocycles. The van der Waals surface area contributed by atoms with E-state index >= 15 is 0 Å². The number of nitrogens with two attached hydrogens (primary N) is 1. The second-order valence-corrected chi connectivity index (χ2v) is 6.63. The largest absolute Gasteiger partial charge is 0.493 e. The lowest BCUT2D eigenvalue weighted by atomic mass is 9.73. The molecule has 8 heteroatoms. The van der Waals surface area contributed by atoms with Crippen LogP contribution >= 0.6 is 0 Å². The number of amides is 1. The van der Waals surface area contributed by atoms with Crippen molar-refractivity contribution in [2.75, 3.05) is 14.2 Å². The number of hydrogen-bond donors (Lipinski definition) is 1. The molecule has 0 saturated carbocycles. The molecule has 2 N–H and O–H groups in total. The Morgan fingerprint density at radius 2 is 1.83 bits per heavy atom. The van der Waals surface area contributed by atoms with E-state index in [1.165, 1.54) is 26.4 Å². The van der Waals surface area contributed by atoms with Crippen LogP contribution in [0.25, 0.3) is 5.57 Å². The van der Waals surface area contributed by atoms with Gasteiger partial charge in [0.1, 0.15) is 0 Å².